The fourth-order valence-electron chi connectivity index (χ4n) is 4.05. The molecule has 0 bridgehead atoms. The monoisotopic (exact) mass is 370 g/mol. The molecule has 5 heteroatoms. The van der Waals surface area contributed by atoms with E-state index in [0.717, 1.165) is 30.5 Å². The molecule has 1 fully saturated rings. The first kappa shape index (κ1) is 19.1. The molecule has 1 unspecified atom stereocenters. The van der Waals surface area contributed by atoms with E-state index < -0.39 is 8.32 Å². The first-order valence-electron chi connectivity index (χ1n) is 9.54. The molecule has 26 heavy (non-hydrogen) atoms. The molecular formula is C21H30N2O2Si. The Hall–Kier alpha value is -1.64. The molecule has 1 saturated heterocycles. The molecule has 0 saturated carbocycles. The lowest BCUT2D eigenvalue weighted by Gasteiger charge is -2.36. The van der Waals surface area contributed by atoms with Crippen LogP contribution in [0.5, 0.6) is 0 Å². The number of amides is 1. The molecule has 1 aromatic carbocycles. The van der Waals surface area contributed by atoms with Crippen LogP contribution in [0.3, 0.4) is 0 Å². The fraction of sp³-hybridized carbons (Fsp3) is 0.619. The highest BCUT2D eigenvalue weighted by atomic mass is 28.4. The molecular weight excluding hydrogens is 340 g/mol. The highest BCUT2D eigenvalue weighted by Crippen LogP contribution is 2.46. The molecule has 1 spiro atoms. The van der Waals surface area contributed by atoms with Crippen LogP contribution < -0.4 is 0 Å². The van der Waals surface area contributed by atoms with Crippen molar-refractivity contribution in [3.63, 3.8) is 0 Å². The zero-order chi connectivity index (χ0) is 19.2. The average Bonchev–Trinajstić information content (AvgIpc) is 3.07. The number of benzene rings is 1. The Kier molecular flexibility index (Phi) is 4.79. The lowest BCUT2D eigenvalue weighted by molar-refractivity contribution is -0.128. The van der Waals surface area contributed by atoms with Gasteiger partial charge in [0.05, 0.1) is 18.2 Å². The van der Waals surface area contributed by atoms with Crippen molar-refractivity contribution in [2.75, 3.05) is 19.7 Å². The van der Waals surface area contributed by atoms with Gasteiger partial charge in [0, 0.05) is 24.9 Å². The molecule has 2 aliphatic rings. The second-order valence-corrected chi connectivity index (χ2v) is 14.1. The lowest BCUT2D eigenvalue weighted by Crippen LogP contribution is -2.43. The largest absolute Gasteiger partial charge is 0.415 e. The van der Waals surface area contributed by atoms with Crippen LogP contribution in [0.15, 0.2) is 18.2 Å². The molecule has 4 nitrogen and oxygen atoms in total. The molecule has 0 radical (unpaired) electrons. The van der Waals surface area contributed by atoms with Crippen molar-refractivity contribution < 1.29 is 9.22 Å². The minimum atomic E-state index is -1.78. The predicted octanol–water partition coefficient (Wildman–Crippen LogP) is 4.00. The standard InChI is InChI=1S/C21H30N2O2Si/c1-20(2,3)26(4,5)25-12-11-23-15-21(13-19(23)24)10-9-17-16(14-22)7-6-8-18(17)21/h6-8H,9-13,15H2,1-5H3. The van der Waals surface area contributed by atoms with Crippen LogP contribution in [0.1, 0.15) is 50.3 Å². The minimum Gasteiger partial charge on any atom is -0.415 e. The van der Waals surface area contributed by atoms with Crippen LogP contribution in [0.25, 0.3) is 0 Å². The van der Waals surface area contributed by atoms with E-state index >= 15 is 0 Å². The maximum atomic E-state index is 12.7. The van der Waals surface area contributed by atoms with E-state index in [1.807, 2.05) is 17.0 Å². The van der Waals surface area contributed by atoms with Gasteiger partial charge in [-0.15, -0.1) is 0 Å². The van der Waals surface area contributed by atoms with E-state index in [2.05, 4.69) is 46.0 Å². The smallest absolute Gasteiger partial charge is 0.223 e. The molecule has 0 aromatic heterocycles. The van der Waals surface area contributed by atoms with Crippen LogP contribution in [-0.4, -0.2) is 38.8 Å². The van der Waals surface area contributed by atoms with Gasteiger partial charge in [0.2, 0.25) is 5.91 Å². The Labute approximate surface area is 158 Å². The molecule has 1 heterocycles. The summed E-state index contributed by atoms with van der Waals surface area (Å²) in [6.45, 7) is 13.2. The van der Waals surface area contributed by atoms with Crippen LogP contribution in [0.4, 0.5) is 0 Å². The molecule has 140 valence electrons. The minimum absolute atomic E-state index is 0.101. The number of rotatable bonds is 4. The van der Waals surface area contributed by atoms with E-state index in [0.29, 0.717) is 19.6 Å². The van der Waals surface area contributed by atoms with Crippen molar-refractivity contribution in [1.29, 1.82) is 5.26 Å². The highest BCUT2D eigenvalue weighted by Gasteiger charge is 2.48. The van der Waals surface area contributed by atoms with Gasteiger partial charge in [0.25, 0.3) is 0 Å². The Bertz CT molecular complexity index is 760. The van der Waals surface area contributed by atoms with Crippen molar-refractivity contribution in [3.8, 4) is 6.07 Å². The summed E-state index contributed by atoms with van der Waals surface area (Å²) in [7, 11) is -1.78. The van der Waals surface area contributed by atoms with Gasteiger partial charge in [-0.3, -0.25) is 4.79 Å². The van der Waals surface area contributed by atoms with E-state index in [1.54, 1.807) is 0 Å². The summed E-state index contributed by atoms with van der Waals surface area (Å²) in [5.74, 6) is 0.221. The summed E-state index contributed by atoms with van der Waals surface area (Å²) in [4.78, 5) is 14.6. The van der Waals surface area contributed by atoms with E-state index in [-0.39, 0.29) is 16.4 Å². The van der Waals surface area contributed by atoms with Crippen LogP contribution >= 0.6 is 0 Å². The highest BCUT2D eigenvalue weighted by molar-refractivity contribution is 6.74. The number of fused-ring (bicyclic) bond motifs is 2. The first-order valence-corrected chi connectivity index (χ1v) is 12.4. The summed E-state index contributed by atoms with van der Waals surface area (Å²) in [5, 5.41) is 9.54. The zero-order valence-electron chi connectivity index (χ0n) is 16.7. The Morgan fingerprint density at radius 2 is 2.08 bits per heavy atom. The quantitative estimate of drug-likeness (QED) is 0.753. The summed E-state index contributed by atoms with van der Waals surface area (Å²) < 4.78 is 6.26. The third-order valence-corrected chi connectivity index (χ3v) is 11.2. The van der Waals surface area contributed by atoms with Crippen molar-refractivity contribution in [1.82, 2.24) is 4.90 Å². The van der Waals surface area contributed by atoms with Crippen molar-refractivity contribution in [2.45, 2.75) is 63.6 Å². The zero-order valence-corrected chi connectivity index (χ0v) is 17.7. The maximum absolute atomic E-state index is 12.7. The lowest BCUT2D eigenvalue weighted by atomic mass is 9.81. The summed E-state index contributed by atoms with van der Waals surface area (Å²) in [6, 6.07) is 8.27. The normalized spacial score (nSPS) is 22.8. The van der Waals surface area contributed by atoms with Gasteiger partial charge in [0.15, 0.2) is 8.32 Å². The molecule has 1 amide bonds. The SMILES string of the molecule is CC(C)(C)[Si](C)(C)OCCN1CC2(CCc3c(C#N)cccc32)CC1=O. The van der Waals surface area contributed by atoms with E-state index in [1.165, 1.54) is 5.56 Å². The summed E-state index contributed by atoms with van der Waals surface area (Å²) in [5.41, 5.74) is 3.04. The van der Waals surface area contributed by atoms with Crippen molar-refractivity contribution in [2.24, 2.45) is 0 Å². The molecule has 3 rings (SSSR count). The Morgan fingerprint density at radius 3 is 2.73 bits per heavy atom. The van der Waals surface area contributed by atoms with Crippen molar-refractivity contribution >= 4 is 14.2 Å². The van der Waals surface area contributed by atoms with Gasteiger partial charge in [0.1, 0.15) is 0 Å². The summed E-state index contributed by atoms with van der Waals surface area (Å²) >= 11 is 0. The molecule has 0 N–H and O–H groups in total. The van der Waals surface area contributed by atoms with Crippen LogP contribution in [0.2, 0.25) is 18.1 Å². The molecule has 1 aliphatic carbocycles. The summed E-state index contributed by atoms with van der Waals surface area (Å²) in [6.07, 6.45) is 2.43. The molecule has 1 atom stereocenters. The number of nitrogens with zero attached hydrogens (tertiary/aromatic N) is 2. The van der Waals surface area contributed by atoms with Gasteiger partial charge in [-0.25, -0.2) is 0 Å². The number of carbonyl (C=O) groups is 1. The van der Waals surface area contributed by atoms with Gasteiger partial charge in [-0.2, -0.15) is 5.26 Å². The molecule has 1 aliphatic heterocycles. The van der Waals surface area contributed by atoms with Gasteiger partial charge in [-0.1, -0.05) is 32.9 Å². The van der Waals surface area contributed by atoms with Crippen LogP contribution in [-0.2, 0) is 21.1 Å². The van der Waals surface area contributed by atoms with Gasteiger partial charge in [-0.05, 0) is 48.2 Å². The number of hydrogen-bond acceptors (Lipinski definition) is 3. The maximum Gasteiger partial charge on any atom is 0.223 e. The molecule has 1 aromatic rings. The third-order valence-electron chi connectivity index (χ3n) is 6.69. The number of nitriles is 1. The Balaban J connectivity index is 1.69. The van der Waals surface area contributed by atoms with Crippen LogP contribution in [0, 0.1) is 11.3 Å². The Morgan fingerprint density at radius 1 is 1.35 bits per heavy atom. The number of hydrogen-bond donors (Lipinski definition) is 0. The second kappa shape index (κ2) is 6.51. The topological polar surface area (TPSA) is 53.3 Å². The third kappa shape index (κ3) is 3.21. The first-order chi connectivity index (χ1) is 12.1. The second-order valence-electron chi connectivity index (χ2n) is 9.32. The number of likely N-dealkylation sites (tertiary alicyclic amines) is 1. The van der Waals surface area contributed by atoms with Gasteiger partial charge < -0.3 is 9.33 Å². The fourth-order valence-corrected chi connectivity index (χ4v) is 5.08. The predicted molar refractivity (Wildman–Crippen MR) is 106 cm³/mol. The number of carbonyl (C=O) groups excluding carboxylic acids is 1. The average molecular weight is 371 g/mol. The van der Waals surface area contributed by atoms with Gasteiger partial charge >= 0.3 is 0 Å². The van der Waals surface area contributed by atoms with Crippen molar-refractivity contribution in [3.05, 3.63) is 34.9 Å². The van der Waals surface area contributed by atoms with E-state index in [4.69, 9.17) is 4.43 Å². The van der Waals surface area contributed by atoms with E-state index in [9.17, 15) is 10.1 Å².